The summed E-state index contributed by atoms with van der Waals surface area (Å²) < 4.78 is 6.87. The number of aromatic nitrogens is 3. The summed E-state index contributed by atoms with van der Waals surface area (Å²) in [5.74, 6) is 1.03. The van der Waals surface area contributed by atoms with Crippen LogP contribution in [-0.4, -0.2) is 14.9 Å². The maximum absolute atomic E-state index is 5.45. The highest BCUT2D eigenvalue weighted by molar-refractivity contribution is 5.57. The van der Waals surface area contributed by atoms with Gasteiger partial charge in [-0.2, -0.15) is 5.10 Å². The molecule has 0 saturated carbocycles. The number of hydrogen-bond acceptors (Lipinski definition) is 4. The second-order valence-electron chi connectivity index (χ2n) is 3.42. The summed E-state index contributed by atoms with van der Waals surface area (Å²) >= 11 is 0. The molecule has 5 nitrogen and oxygen atoms in total. The molecule has 0 aliphatic heterocycles. The van der Waals surface area contributed by atoms with Crippen molar-refractivity contribution in [3.63, 3.8) is 0 Å². The molecule has 0 amide bonds. The number of nitrogen functional groups attached to an aromatic ring is 1. The fourth-order valence-corrected chi connectivity index (χ4v) is 1.17. The molecule has 0 fully saturated rings. The highest BCUT2D eigenvalue weighted by Gasteiger charge is 2.08. The smallest absolute Gasteiger partial charge is 0.172 e. The van der Waals surface area contributed by atoms with Crippen molar-refractivity contribution < 1.29 is 4.52 Å². The molecular formula is C9H12N4O. The summed E-state index contributed by atoms with van der Waals surface area (Å²) in [7, 11) is 0. The van der Waals surface area contributed by atoms with E-state index in [4.69, 9.17) is 10.3 Å². The van der Waals surface area contributed by atoms with Gasteiger partial charge in [0, 0.05) is 18.3 Å². The van der Waals surface area contributed by atoms with E-state index in [0.717, 1.165) is 5.56 Å². The standard InChI is InChI=1S/C9H12N4O/c1-6(2)13-5-7(4-11-13)8-3-9(10)12-14-8/h3-6H,1-2H3,(H2,10,12). The molecule has 0 spiro atoms. The predicted octanol–water partition coefficient (Wildman–Crippen LogP) is 1.70. The van der Waals surface area contributed by atoms with E-state index in [1.807, 2.05) is 10.9 Å². The van der Waals surface area contributed by atoms with Crippen LogP contribution in [0, 0.1) is 0 Å². The van der Waals surface area contributed by atoms with Crippen molar-refractivity contribution in [1.29, 1.82) is 0 Å². The second kappa shape index (κ2) is 3.17. The second-order valence-corrected chi connectivity index (χ2v) is 3.42. The van der Waals surface area contributed by atoms with E-state index < -0.39 is 0 Å². The Morgan fingerprint density at radius 1 is 1.50 bits per heavy atom. The normalized spacial score (nSPS) is 11.1. The molecule has 2 heterocycles. The fourth-order valence-electron chi connectivity index (χ4n) is 1.17. The molecule has 5 heteroatoms. The van der Waals surface area contributed by atoms with Gasteiger partial charge in [0.25, 0.3) is 0 Å². The molecule has 2 aromatic rings. The molecule has 0 radical (unpaired) electrons. The molecule has 0 aliphatic carbocycles. The van der Waals surface area contributed by atoms with Crippen LogP contribution in [0.15, 0.2) is 23.0 Å². The number of nitrogens with zero attached hydrogens (tertiary/aromatic N) is 3. The molecule has 0 aromatic carbocycles. The highest BCUT2D eigenvalue weighted by Crippen LogP contribution is 2.21. The largest absolute Gasteiger partial charge is 0.381 e. The van der Waals surface area contributed by atoms with E-state index in [9.17, 15) is 0 Å². The van der Waals surface area contributed by atoms with Crippen LogP contribution in [-0.2, 0) is 0 Å². The molecule has 0 bridgehead atoms. The first-order chi connectivity index (χ1) is 6.66. The lowest BCUT2D eigenvalue weighted by atomic mass is 10.3. The highest BCUT2D eigenvalue weighted by atomic mass is 16.5. The van der Waals surface area contributed by atoms with Gasteiger partial charge in [-0.15, -0.1) is 0 Å². The summed E-state index contributed by atoms with van der Waals surface area (Å²) in [6.45, 7) is 4.12. The van der Waals surface area contributed by atoms with Crippen LogP contribution in [0.1, 0.15) is 19.9 Å². The van der Waals surface area contributed by atoms with Crippen molar-refractivity contribution in [3.05, 3.63) is 18.5 Å². The minimum absolute atomic E-state index is 0.337. The van der Waals surface area contributed by atoms with E-state index in [-0.39, 0.29) is 0 Å². The van der Waals surface area contributed by atoms with Gasteiger partial charge < -0.3 is 10.3 Å². The van der Waals surface area contributed by atoms with Gasteiger partial charge in [0.1, 0.15) is 0 Å². The average molecular weight is 192 g/mol. The summed E-state index contributed by atoms with van der Waals surface area (Å²) in [6, 6.07) is 2.02. The Bertz CT molecular complexity index is 429. The first-order valence-corrected chi connectivity index (χ1v) is 4.43. The monoisotopic (exact) mass is 192 g/mol. The lowest BCUT2D eigenvalue weighted by Gasteiger charge is -2.02. The zero-order valence-corrected chi connectivity index (χ0v) is 8.14. The van der Waals surface area contributed by atoms with Crippen molar-refractivity contribution in [1.82, 2.24) is 14.9 Å². The van der Waals surface area contributed by atoms with Crippen molar-refractivity contribution >= 4 is 5.82 Å². The van der Waals surface area contributed by atoms with Crippen LogP contribution in [0.3, 0.4) is 0 Å². The molecule has 2 aromatic heterocycles. The van der Waals surface area contributed by atoms with Gasteiger partial charge in [-0.05, 0) is 13.8 Å². The minimum atomic E-state index is 0.337. The summed E-state index contributed by atoms with van der Waals surface area (Å²) in [4.78, 5) is 0. The maximum Gasteiger partial charge on any atom is 0.172 e. The van der Waals surface area contributed by atoms with Crippen LogP contribution in [0.25, 0.3) is 11.3 Å². The van der Waals surface area contributed by atoms with Crippen LogP contribution >= 0.6 is 0 Å². The molecule has 2 rings (SSSR count). The van der Waals surface area contributed by atoms with E-state index in [2.05, 4.69) is 24.1 Å². The van der Waals surface area contributed by atoms with E-state index in [0.29, 0.717) is 17.6 Å². The van der Waals surface area contributed by atoms with Gasteiger partial charge in [-0.25, -0.2) is 0 Å². The number of rotatable bonds is 2. The zero-order valence-electron chi connectivity index (χ0n) is 8.14. The van der Waals surface area contributed by atoms with E-state index in [1.54, 1.807) is 12.3 Å². The van der Waals surface area contributed by atoms with E-state index in [1.165, 1.54) is 0 Å². The van der Waals surface area contributed by atoms with Gasteiger partial charge >= 0.3 is 0 Å². The van der Waals surface area contributed by atoms with Crippen LogP contribution < -0.4 is 5.73 Å². The molecule has 74 valence electrons. The van der Waals surface area contributed by atoms with Gasteiger partial charge in [0.05, 0.1) is 11.8 Å². The third kappa shape index (κ3) is 1.48. The fraction of sp³-hybridized carbons (Fsp3) is 0.333. The zero-order chi connectivity index (χ0) is 10.1. The van der Waals surface area contributed by atoms with Crippen LogP contribution in [0.4, 0.5) is 5.82 Å². The molecule has 2 N–H and O–H groups in total. The summed E-state index contributed by atoms with van der Waals surface area (Å²) in [5.41, 5.74) is 6.34. The molecule has 0 saturated heterocycles. The summed E-state index contributed by atoms with van der Waals surface area (Å²) in [6.07, 6.45) is 3.64. The first kappa shape index (κ1) is 8.80. The molecule has 0 aliphatic rings. The third-order valence-corrected chi connectivity index (χ3v) is 1.94. The van der Waals surface area contributed by atoms with Crippen molar-refractivity contribution in [2.75, 3.05) is 5.73 Å². The Labute approximate surface area is 81.5 Å². The Balaban J connectivity index is 2.33. The SMILES string of the molecule is CC(C)n1cc(-c2cc(N)no2)cn1. The lowest BCUT2D eigenvalue weighted by molar-refractivity contribution is 0.435. The Hall–Kier alpha value is -1.78. The Morgan fingerprint density at radius 3 is 2.79 bits per heavy atom. The van der Waals surface area contributed by atoms with Crippen molar-refractivity contribution in [3.8, 4) is 11.3 Å². The van der Waals surface area contributed by atoms with Gasteiger partial charge in [0.15, 0.2) is 11.6 Å². The molecule has 0 atom stereocenters. The van der Waals surface area contributed by atoms with Gasteiger partial charge in [-0.1, -0.05) is 5.16 Å². The molecule has 14 heavy (non-hydrogen) atoms. The average Bonchev–Trinajstić information content (AvgIpc) is 2.70. The molecular weight excluding hydrogens is 180 g/mol. The van der Waals surface area contributed by atoms with Crippen molar-refractivity contribution in [2.24, 2.45) is 0 Å². The number of hydrogen-bond donors (Lipinski definition) is 1. The van der Waals surface area contributed by atoms with Crippen molar-refractivity contribution in [2.45, 2.75) is 19.9 Å². The predicted molar refractivity (Wildman–Crippen MR) is 52.5 cm³/mol. The summed E-state index contributed by atoms with van der Waals surface area (Å²) in [5, 5.41) is 7.80. The number of anilines is 1. The van der Waals surface area contributed by atoms with Crippen LogP contribution in [0.5, 0.6) is 0 Å². The van der Waals surface area contributed by atoms with Gasteiger partial charge in [-0.3, -0.25) is 4.68 Å². The minimum Gasteiger partial charge on any atom is -0.381 e. The maximum atomic E-state index is 5.45. The molecule has 0 unspecified atom stereocenters. The van der Waals surface area contributed by atoms with E-state index >= 15 is 0 Å². The quantitative estimate of drug-likeness (QED) is 0.786. The topological polar surface area (TPSA) is 69.9 Å². The number of nitrogens with two attached hydrogens (primary N) is 1. The van der Waals surface area contributed by atoms with Gasteiger partial charge in [0.2, 0.25) is 0 Å². The Morgan fingerprint density at radius 2 is 2.29 bits per heavy atom. The third-order valence-electron chi connectivity index (χ3n) is 1.94. The lowest BCUT2D eigenvalue weighted by Crippen LogP contribution is -1.99. The first-order valence-electron chi connectivity index (χ1n) is 4.43. The van der Waals surface area contributed by atoms with Crippen LogP contribution in [0.2, 0.25) is 0 Å². The Kier molecular flexibility index (Phi) is 1.99.